The Balaban J connectivity index is 1.91. The SMILES string of the molecule is NC(=O)c1cnc(NC2CCCCC2O)c2c1[nH]c1ccc(F)cc12. The van der Waals surface area contributed by atoms with Gasteiger partial charge in [-0.1, -0.05) is 12.8 Å². The van der Waals surface area contributed by atoms with Crippen LogP contribution in [0.3, 0.4) is 0 Å². The summed E-state index contributed by atoms with van der Waals surface area (Å²) in [6.07, 6.45) is 4.55. The predicted molar refractivity (Wildman–Crippen MR) is 94.0 cm³/mol. The highest BCUT2D eigenvalue weighted by Gasteiger charge is 2.25. The second kappa shape index (κ2) is 6.00. The standard InChI is InChI=1S/C18H19FN4O2/c19-9-5-6-12-10(7-9)15-16(22-12)11(17(20)25)8-21-18(15)23-13-3-1-2-4-14(13)24/h5-8,13-14,22,24H,1-4H2,(H2,20,25)(H,21,23). The summed E-state index contributed by atoms with van der Waals surface area (Å²) in [6.45, 7) is 0. The molecule has 5 N–H and O–H groups in total. The monoisotopic (exact) mass is 342 g/mol. The molecule has 2 heterocycles. The van der Waals surface area contributed by atoms with Crippen molar-refractivity contribution >= 4 is 33.5 Å². The number of benzene rings is 1. The summed E-state index contributed by atoms with van der Waals surface area (Å²) < 4.78 is 13.8. The molecule has 0 saturated heterocycles. The molecule has 0 bridgehead atoms. The molecular weight excluding hydrogens is 323 g/mol. The van der Waals surface area contributed by atoms with E-state index in [2.05, 4.69) is 15.3 Å². The molecule has 1 aliphatic carbocycles. The summed E-state index contributed by atoms with van der Waals surface area (Å²) in [5.41, 5.74) is 6.92. The van der Waals surface area contributed by atoms with Gasteiger partial charge in [-0.15, -0.1) is 0 Å². The van der Waals surface area contributed by atoms with Crippen LogP contribution in [-0.4, -0.2) is 33.1 Å². The van der Waals surface area contributed by atoms with Gasteiger partial charge in [0.25, 0.3) is 5.91 Å². The van der Waals surface area contributed by atoms with Crippen LogP contribution in [0.5, 0.6) is 0 Å². The molecule has 7 heteroatoms. The first-order chi connectivity index (χ1) is 12.0. The Bertz CT molecular complexity index is 969. The van der Waals surface area contributed by atoms with Crippen LogP contribution in [0.2, 0.25) is 0 Å². The number of H-pyrrole nitrogens is 1. The van der Waals surface area contributed by atoms with Crippen molar-refractivity contribution in [3.8, 4) is 0 Å². The maximum atomic E-state index is 13.8. The Hall–Kier alpha value is -2.67. The van der Waals surface area contributed by atoms with E-state index in [1.54, 1.807) is 6.07 Å². The number of hydrogen-bond donors (Lipinski definition) is 4. The van der Waals surface area contributed by atoms with Crippen LogP contribution in [0.25, 0.3) is 21.8 Å². The van der Waals surface area contributed by atoms with Crippen LogP contribution in [0.4, 0.5) is 10.2 Å². The molecule has 1 saturated carbocycles. The van der Waals surface area contributed by atoms with Crippen molar-refractivity contribution in [2.75, 3.05) is 5.32 Å². The molecule has 2 aromatic heterocycles. The number of rotatable bonds is 3. The number of nitrogens with one attached hydrogen (secondary N) is 2. The number of anilines is 1. The highest BCUT2D eigenvalue weighted by Crippen LogP contribution is 2.34. The molecule has 0 spiro atoms. The number of pyridine rings is 1. The fraction of sp³-hybridized carbons (Fsp3) is 0.333. The Labute approximate surface area is 143 Å². The molecule has 1 aromatic carbocycles. The van der Waals surface area contributed by atoms with Gasteiger partial charge in [0.1, 0.15) is 11.6 Å². The third kappa shape index (κ3) is 2.70. The lowest BCUT2D eigenvalue weighted by Gasteiger charge is -2.29. The first kappa shape index (κ1) is 15.8. The Morgan fingerprint density at radius 3 is 2.92 bits per heavy atom. The topological polar surface area (TPSA) is 104 Å². The van der Waals surface area contributed by atoms with Crippen molar-refractivity contribution in [3.63, 3.8) is 0 Å². The minimum atomic E-state index is -0.603. The molecule has 0 aliphatic heterocycles. The van der Waals surface area contributed by atoms with Crippen molar-refractivity contribution in [3.05, 3.63) is 35.8 Å². The number of carbonyl (C=O) groups excluding carboxylic acids is 1. The maximum Gasteiger partial charge on any atom is 0.252 e. The van der Waals surface area contributed by atoms with Crippen molar-refractivity contribution < 1.29 is 14.3 Å². The first-order valence-corrected chi connectivity index (χ1v) is 8.39. The number of fused-ring (bicyclic) bond motifs is 3. The molecule has 2 unspecified atom stereocenters. The van der Waals surface area contributed by atoms with Gasteiger partial charge in [-0.3, -0.25) is 4.79 Å². The average molecular weight is 342 g/mol. The predicted octanol–water partition coefficient (Wildman–Crippen LogP) is 2.67. The highest BCUT2D eigenvalue weighted by atomic mass is 19.1. The van der Waals surface area contributed by atoms with Gasteiger partial charge in [0.05, 0.1) is 28.6 Å². The zero-order valence-electron chi connectivity index (χ0n) is 13.6. The lowest BCUT2D eigenvalue weighted by molar-refractivity contribution is 0.100. The van der Waals surface area contributed by atoms with Crippen LogP contribution in [0.15, 0.2) is 24.4 Å². The first-order valence-electron chi connectivity index (χ1n) is 8.39. The zero-order valence-corrected chi connectivity index (χ0v) is 13.6. The van der Waals surface area contributed by atoms with E-state index in [4.69, 9.17) is 5.73 Å². The summed E-state index contributed by atoms with van der Waals surface area (Å²) in [5.74, 6) is -0.460. The third-order valence-corrected chi connectivity index (χ3v) is 4.91. The van der Waals surface area contributed by atoms with E-state index in [0.29, 0.717) is 27.6 Å². The van der Waals surface area contributed by atoms with E-state index in [1.807, 2.05) is 0 Å². The molecule has 1 amide bonds. The molecule has 130 valence electrons. The van der Waals surface area contributed by atoms with Crippen molar-refractivity contribution in [1.82, 2.24) is 9.97 Å². The van der Waals surface area contributed by atoms with Crippen LogP contribution in [0, 0.1) is 5.82 Å². The van der Waals surface area contributed by atoms with Crippen molar-refractivity contribution in [2.24, 2.45) is 5.73 Å². The third-order valence-electron chi connectivity index (χ3n) is 4.91. The fourth-order valence-electron chi connectivity index (χ4n) is 3.62. The number of amides is 1. The molecule has 1 aliphatic rings. The molecule has 25 heavy (non-hydrogen) atoms. The average Bonchev–Trinajstić information content (AvgIpc) is 2.95. The summed E-state index contributed by atoms with van der Waals surface area (Å²) >= 11 is 0. The van der Waals surface area contributed by atoms with Crippen LogP contribution < -0.4 is 11.1 Å². The second-order valence-electron chi connectivity index (χ2n) is 6.55. The number of aromatic amines is 1. The van der Waals surface area contributed by atoms with Gasteiger partial charge in [0, 0.05) is 17.1 Å². The van der Waals surface area contributed by atoms with Crippen LogP contribution >= 0.6 is 0 Å². The highest BCUT2D eigenvalue weighted by molar-refractivity contribution is 6.18. The van der Waals surface area contributed by atoms with E-state index >= 15 is 0 Å². The number of aliphatic hydroxyl groups excluding tert-OH is 1. The molecule has 0 radical (unpaired) electrons. The summed E-state index contributed by atoms with van der Waals surface area (Å²) in [7, 11) is 0. The number of nitrogens with two attached hydrogens (primary N) is 1. The molecule has 4 rings (SSSR count). The largest absolute Gasteiger partial charge is 0.391 e. The van der Waals surface area contributed by atoms with E-state index in [1.165, 1.54) is 18.3 Å². The Kier molecular flexibility index (Phi) is 3.80. The van der Waals surface area contributed by atoms with Gasteiger partial charge >= 0.3 is 0 Å². The number of carbonyl (C=O) groups is 1. The number of halogens is 1. The smallest absolute Gasteiger partial charge is 0.252 e. The summed E-state index contributed by atoms with van der Waals surface area (Å²) in [4.78, 5) is 19.2. The quantitative estimate of drug-likeness (QED) is 0.587. The maximum absolute atomic E-state index is 13.8. The minimum absolute atomic E-state index is 0.123. The van der Waals surface area contributed by atoms with Gasteiger partial charge in [-0.25, -0.2) is 9.37 Å². The number of aliphatic hydroxyl groups is 1. The summed E-state index contributed by atoms with van der Waals surface area (Å²) in [6, 6.07) is 4.26. The van der Waals surface area contributed by atoms with Crippen molar-refractivity contribution in [2.45, 2.75) is 37.8 Å². The molecule has 6 nitrogen and oxygen atoms in total. The summed E-state index contributed by atoms with van der Waals surface area (Å²) in [5, 5.41) is 14.7. The molecule has 2 atom stereocenters. The van der Waals surface area contributed by atoms with Crippen LogP contribution in [-0.2, 0) is 0 Å². The van der Waals surface area contributed by atoms with Gasteiger partial charge < -0.3 is 21.1 Å². The lowest BCUT2D eigenvalue weighted by Crippen LogP contribution is -2.36. The van der Waals surface area contributed by atoms with E-state index in [-0.39, 0.29) is 17.4 Å². The fourth-order valence-corrected chi connectivity index (χ4v) is 3.62. The van der Waals surface area contributed by atoms with Crippen LogP contribution in [0.1, 0.15) is 36.0 Å². The molecular formula is C18H19FN4O2. The van der Waals surface area contributed by atoms with E-state index in [9.17, 15) is 14.3 Å². The normalized spacial score (nSPS) is 20.9. The van der Waals surface area contributed by atoms with E-state index in [0.717, 1.165) is 25.7 Å². The van der Waals surface area contributed by atoms with Gasteiger partial charge in [0.15, 0.2) is 0 Å². The molecule has 3 aromatic rings. The second-order valence-corrected chi connectivity index (χ2v) is 6.55. The van der Waals surface area contributed by atoms with Gasteiger partial charge in [0.2, 0.25) is 0 Å². The lowest BCUT2D eigenvalue weighted by atomic mass is 9.92. The van der Waals surface area contributed by atoms with E-state index < -0.39 is 12.0 Å². The number of aromatic nitrogens is 2. The number of nitrogens with zero attached hydrogens (tertiary/aromatic N) is 1. The molecule has 1 fully saturated rings. The zero-order chi connectivity index (χ0) is 17.6. The van der Waals surface area contributed by atoms with Gasteiger partial charge in [-0.2, -0.15) is 0 Å². The minimum Gasteiger partial charge on any atom is -0.391 e. The van der Waals surface area contributed by atoms with Gasteiger partial charge in [-0.05, 0) is 31.0 Å². The Morgan fingerprint density at radius 2 is 2.16 bits per heavy atom. The number of primary amides is 1. The van der Waals surface area contributed by atoms with Crippen molar-refractivity contribution in [1.29, 1.82) is 0 Å². The number of hydrogen-bond acceptors (Lipinski definition) is 4. The Morgan fingerprint density at radius 1 is 1.36 bits per heavy atom.